The van der Waals surface area contributed by atoms with Gasteiger partial charge in [0.1, 0.15) is 0 Å². The van der Waals surface area contributed by atoms with Crippen LogP contribution in [0.4, 0.5) is 5.69 Å². The van der Waals surface area contributed by atoms with Crippen molar-refractivity contribution in [1.82, 2.24) is 9.21 Å². The number of carbonyl (C=O) groups is 1. The van der Waals surface area contributed by atoms with Crippen LogP contribution in [0.3, 0.4) is 0 Å². The molecule has 1 saturated heterocycles. The Balaban J connectivity index is 2.12. The van der Waals surface area contributed by atoms with Crippen LogP contribution in [-0.4, -0.2) is 72.8 Å². The maximum absolute atomic E-state index is 12.9. The van der Waals surface area contributed by atoms with Gasteiger partial charge in [0.15, 0.2) is 10.9 Å². The van der Waals surface area contributed by atoms with E-state index in [1.807, 2.05) is 39.5 Å². The number of nitro benzene ring substituents is 1. The fraction of sp³-hybridized carbons (Fsp3) is 0.632. The molecule has 0 radical (unpaired) electrons. The molecule has 0 saturated carbocycles. The number of nitrogens with zero attached hydrogens (tertiary/aromatic N) is 3. The third-order valence-electron chi connectivity index (χ3n) is 5.39. The largest absolute Gasteiger partial charge is 0.333 e. The quantitative estimate of drug-likeness (QED) is 0.504. The first-order valence-electron chi connectivity index (χ1n) is 9.88. The molecule has 1 fully saturated rings. The molecule has 1 aromatic rings. The number of amides is 1. The number of carbonyl (C=O) groups excluding carboxylic acids is 1. The van der Waals surface area contributed by atoms with E-state index in [0.717, 1.165) is 4.90 Å². The minimum Gasteiger partial charge on any atom is -0.333 e. The van der Waals surface area contributed by atoms with Gasteiger partial charge in [-0.25, -0.2) is 8.42 Å². The summed E-state index contributed by atoms with van der Waals surface area (Å²) < 4.78 is 27.2. The molecule has 9 nitrogen and oxygen atoms in total. The number of hydrogen-bond acceptors (Lipinski definition) is 5. The lowest BCUT2D eigenvalue weighted by Crippen LogP contribution is -3.19. The highest BCUT2D eigenvalue weighted by Crippen LogP contribution is 2.26. The smallest absolute Gasteiger partial charge is 0.289 e. The van der Waals surface area contributed by atoms with E-state index in [0.29, 0.717) is 13.1 Å². The van der Waals surface area contributed by atoms with Gasteiger partial charge in [0.05, 0.1) is 31.1 Å². The Morgan fingerprint density at radius 3 is 2.10 bits per heavy atom. The second-order valence-corrected chi connectivity index (χ2v) is 9.85. The molecule has 10 heteroatoms. The van der Waals surface area contributed by atoms with Gasteiger partial charge in [0.2, 0.25) is 10.0 Å². The van der Waals surface area contributed by atoms with Crippen molar-refractivity contribution >= 4 is 21.6 Å². The van der Waals surface area contributed by atoms with E-state index in [1.165, 1.54) is 28.6 Å². The predicted molar refractivity (Wildman–Crippen MR) is 109 cm³/mol. The summed E-state index contributed by atoms with van der Waals surface area (Å²) in [6.07, 6.45) is 0. The van der Waals surface area contributed by atoms with E-state index in [4.69, 9.17) is 0 Å². The zero-order valence-corrected chi connectivity index (χ0v) is 18.5. The van der Waals surface area contributed by atoms with Crippen LogP contribution in [0.15, 0.2) is 29.2 Å². The summed E-state index contributed by atoms with van der Waals surface area (Å²) in [7, 11) is -3.97. The minimum atomic E-state index is -3.97. The first kappa shape index (κ1) is 23.2. The van der Waals surface area contributed by atoms with Gasteiger partial charge in [-0.2, -0.15) is 4.31 Å². The van der Waals surface area contributed by atoms with Crippen LogP contribution in [0.25, 0.3) is 0 Å². The second-order valence-electron chi connectivity index (χ2n) is 7.94. The van der Waals surface area contributed by atoms with E-state index >= 15 is 0 Å². The van der Waals surface area contributed by atoms with Gasteiger partial charge in [-0.05, 0) is 40.7 Å². The summed E-state index contributed by atoms with van der Waals surface area (Å²) in [5, 5.41) is 11.2. The lowest BCUT2D eigenvalue weighted by Gasteiger charge is -2.38. The number of rotatable bonds is 7. The fourth-order valence-electron chi connectivity index (χ4n) is 3.92. The molecule has 1 atom stereocenters. The zero-order valence-electron chi connectivity index (χ0n) is 17.7. The molecule has 1 amide bonds. The van der Waals surface area contributed by atoms with Gasteiger partial charge in [-0.3, -0.25) is 14.9 Å². The number of para-hydroxylation sites is 1. The summed E-state index contributed by atoms with van der Waals surface area (Å²) in [4.78, 5) is 26.1. The van der Waals surface area contributed by atoms with Crippen LogP contribution in [0.1, 0.15) is 34.6 Å². The average Bonchev–Trinajstić information content (AvgIpc) is 2.66. The summed E-state index contributed by atoms with van der Waals surface area (Å²) in [6.45, 7) is 11.2. The first-order chi connectivity index (χ1) is 13.5. The lowest BCUT2D eigenvalue weighted by molar-refractivity contribution is -0.918. The van der Waals surface area contributed by atoms with Crippen LogP contribution in [0.5, 0.6) is 0 Å². The van der Waals surface area contributed by atoms with Crippen molar-refractivity contribution in [2.24, 2.45) is 0 Å². The molecule has 1 heterocycles. The Morgan fingerprint density at radius 2 is 1.62 bits per heavy atom. The minimum absolute atomic E-state index is 0.0556. The molecule has 0 unspecified atom stereocenters. The molecule has 2 rings (SSSR count). The fourth-order valence-corrected chi connectivity index (χ4v) is 5.51. The van der Waals surface area contributed by atoms with Gasteiger partial charge in [0, 0.05) is 18.2 Å². The molecular formula is C19H31N4O5S+. The maximum atomic E-state index is 12.9. The second kappa shape index (κ2) is 9.19. The Morgan fingerprint density at radius 1 is 1.10 bits per heavy atom. The van der Waals surface area contributed by atoms with Gasteiger partial charge >= 0.3 is 0 Å². The number of sulfonamides is 1. The van der Waals surface area contributed by atoms with Crippen molar-refractivity contribution in [3.8, 4) is 0 Å². The highest BCUT2D eigenvalue weighted by Gasteiger charge is 2.38. The van der Waals surface area contributed by atoms with Crippen molar-refractivity contribution in [2.75, 3.05) is 26.2 Å². The predicted octanol–water partition coefficient (Wildman–Crippen LogP) is 0.518. The Kier molecular flexibility index (Phi) is 7.36. The van der Waals surface area contributed by atoms with Crippen molar-refractivity contribution < 1.29 is 23.0 Å². The van der Waals surface area contributed by atoms with Crippen LogP contribution >= 0.6 is 0 Å². The molecule has 29 heavy (non-hydrogen) atoms. The highest BCUT2D eigenvalue weighted by molar-refractivity contribution is 7.89. The molecule has 0 aliphatic carbocycles. The van der Waals surface area contributed by atoms with E-state index in [2.05, 4.69) is 0 Å². The Hall–Kier alpha value is -2.04. The number of nitrogens with one attached hydrogen (secondary N) is 1. The van der Waals surface area contributed by atoms with Crippen molar-refractivity contribution in [2.45, 2.75) is 57.6 Å². The van der Waals surface area contributed by atoms with Gasteiger partial charge < -0.3 is 9.80 Å². The van der Waals surface area contributed by atoms with Gasteiger partial charge in [-0.15, -0.1) is 0 Å². The summed E-state index contributed by atoms with van der Waals surface area (Å²) in [5.74, 6) is 0.0556. The lowest BCUT2D eigenvalue weighted by atomic mass is 10.1. The van der Waals surface area contributed by atoms with Gasteiger partial charge in [0.25, 0.3) is 11.6 Å². The summed E-state index contributed by atoms with van der Waals surface area (Å²) in [6, 6.07) is 5.28. The highest BCUT2D eigenvalue weighted by atomic mass is 32.2. The molecular weight excluding hydrogens is 396 g/mol. The standard InChI is InChI=1S/C19H30N4O5S/c1-14(2)22(15(3)4)19(24)16(5)20-10-12-21(13-11-20)29(27,28)18-9-7-6-8-17(18)23(25)26/h6-9,14-16H,10-13H2,1-5H3/p+1/t16-/m1/s1. The van der Waals surface area contributed by atoms with E-state index in [-0.39, 0.29) is 42.0 Å². The van der Waals surface area contributed by atoms with E-state index < -0.39 is 20.6 Å². The van der Waals surface area contributed by atoms with Crippen LogP contribution < -0.4 is 4.90 Å². The summed E-state index contributed by atoms with van der Waals surface area (Å²) in [5.41, 5.74) is -0.421. The summed E-state index contributed by atoms with van der Waals surface area (Å²) >= 11 is 0. The van der Waals surface area contributed by atoms with Crippen LogP contribution in [-0.2, 0) is 14.8 Å². The number of hydrogen-bond donors (Lipinski definition) is 1. The van der Waals surface area contributed by atoms with Crippen molar-refractivity contribution in [3.63, 3.8) is 0 Å². The Bertz CT molecular complexity index is 840. The van der Waals surface area contributed by atoms with E-state index in [9.17, 15) is 23.3 Å². The Labute approximate surface area is 172 Å². The number of nitro groups is 1. The molecule has 162 valence electrons. The molecule has 0 aromatic heterocycles. The topological polar surface area (TPSA) is 105 Å². The van der Waals surface area contributed by atoms with Crippen molar-refractivity contribution in [3.05, 3.63) is 34.4 Å². The normalized spacial score (nSPS) is 17.5. The molecule has 1 aliphatic heterocycles. The SMILES string of the molecule is CC(C)N(C(=O)[C@@H](C)[NH+]1CCN(S(=O)(=O)c2ccccc2[N+](=O)[O-])CC1)C(C)C. The maximum Gasteiger partial charge on any atom is 0.289 e. The molecule has 0 spiro atoms. The van der Waals surface area contributed by atoms with Crippen molar-refractivity contribution in [1.29, 1.82) is 0 Å². The average molecular weight is 428 g/mol. The first-order valence-corrected chi connectivity index (χ1v) is 11.3. The molecule has 1 aliphatic rings. The molecule has 0 bridgehead atoms. The number of benzene rings is 1. The number of quaternary nitrogens is 1. The zero-order chi connectivity index (χ0) is 21.9. The van der Waals surface area contributed by atoms with E-state index in [1.54, 1.807) is 0 Å². The molecule has 1 N–H and O–H groups in total. The number of piperazine rings is 1. The monoisotopic (exact) mass is 427 g/mol. The molecule has 1 aromatic carbocycles. The van der Waals surface area contributed by atoms with Crippen LogP contribution in [0.2, 0.25) is 0 Å². The third kappa shape index (κ3) is 4.93. The third-order valence-corrected chi connectivity index (χ3v) is 7.34. The van der Waals surface area contributed by atoms with Gasteiger partial charge in [-0.1, -0.05) is 12.1 Å². The van der Waals surface area contributed by atoms with Crippen LogP contribution in [0, 0.1) is 10.1 Å².